The number of amides is 1. The fraction of sp³-hybridized carbons (Fsp3) is 0.917. The van der Waals surface area contributed by atoms with Gasteiger partial charge < -0.3 is 15.7 Å². The van der Waals surface area contributed by atoms with Gasteiger partial charge >= 0.3 is 0 Å². The van der Waals surface area contributed by atoms with Gasteiger partial charge in [-0.25, -0.2) is 0 Å². The first-order valence-corrected chi connectivity index (χ1v) is 6.12. The molecule has 1 aliphatic heterocycles. The molecule has 0 saturated carbocycles. The second-order valence-electron chi connectivity index (χ2n) is 6.03. The Morgan fingerprint density at radius 3 is 2.00 bits per heavy atom. The van der Waals surface area contributed by atoms with E-state index in [-0.39, 0.29) is 18.1 Å². The maximum Gasteiger partial charge on any atom is 0.244 e. The van der Waals surface area contributed by atoms with Gasteiger partial charge in [-0.05, 0) is 27.7 Å². The summed E-state index contributed by atoms with van der Waals surface area (Å²) in [4.78, 5) is 16.1. The zero-order valence-corrected chi connectivity index (χ0v) is 11.4. The van der Waals surface area contributed by atoms with E-state index < -0.39 is 5.54 Å². The number of rotatable bonds is 2. The third kappa shape index (κ3) is 3.40. The van der Waals surface area contributed by atoms with E-state index in [4.69, 9.17) is 10.8 Å². The first kappa shape index (κ1) is 14.4. The fourth-order valence-electron chi connectivity index (χ4n) is 2.01. The van der Waals surface area contributed by atoms with Crippen LogP contribution in [0.2, 0.25) is 0 Å². The number of carbonyl (C=O) groups is 1. The second kappa shape index (κ2) is 4.92. The molecule has 5 heteroatoms. The summed E-state index contributed by atoms with van der Waals surface area (Å²) < 4.78 is 0. The highest BCUT2D eigenvalue weighted by Gasteiger charge is 2.35. The van der Waals surface area contributed by atoms with Crippen LogP contribution in [-0.4, -0.2) is 64.7 Å². The van der Waals surface area contributed by atoms with Gasteiger partial charge in [-0.3, -0.25) is 9.69 Å². The quantitative estimate of drug-likeness (QED) is 0.695. The number of aliphatic hydroxyl groups excluding tert-OH is 1. The van der Waals surface area contributed by atoms with Crippen LogP contribution in [-0.2, 0) is 4.79 Å². The number of carbonyl (C=O) groups excluding carboxylic acids is 1. The Bertz CT molecular complexity index is 276. The van der Waals surface area contributed by atoms with Crippen molar-refractivity contribution in [3.05, 3.63) is 0 Å². The summed E-state index contributed by atoms with van der Waals surface area (Å²) in [5, 5.41) is 9.09. The highest BCUT2D eigenvalue weighted by atomic mass is 16.3. The van der Waals surface area contributed by atoms with Crippen LogP contribution in [0.1, 0.15) is 27.7 Å². The van der Waals surface area contributed by atoms with Gasteiger partial charge in [-0.1, -0.05) is 0 Å². The Balaban J connectivity index is 2.56. The van der Waals surface area contributed by atoms with Gasteiger partial charge in [0.2, 0.25) is 5.91 Å². The average Bonchev–Trinajstić information content (AvgIpc) is 2.27. The van der Waals surface area contributed by atoms with Gasteiger partial charge in [0.05, 0.1) is 6.61 Å². The lowest BCUT2D eigenvalue weighted by atomic mass is 10.0. The number of hydrogen-bond donors (Lipinski definition) is 2. The maximum atomic E-state index is 12.0. The Morgan fingerprint density at radius 1 is 1.18 bits per heavy atom. The molecule has 1 heterocycles. The third-order valence-electron chi connectivity index (χ3n) is 3.33. The van der Waals surface area contributed by atoms with E-state index in [1.165, 1.54) is 0 Å². The van der Waals surface area contributed by atoms with Crippen LogP contribution in [0, 0.1) is 0 Å². The summed E-state index contributed by atoms with van der Waals surface area (Å²) in [6.45, 7) is 10.9. The summed E-state index contributed by atoms with van der Waals surface area (Å²) in [5.41, 5.74) is 4.74. The number of hydrogen-bond acceptors (Lipinski definition) is 4. The first-order chi connectivity index (χ1) is 7.68. The van der Waals surface area contributed by atoms with Crippen molar-refractivity contribution in [2.24, 2.45) is 5.73 Å². The molecule has 0 aromatic heterocycles. The molecule has 17 heavy (non-hydrogen) atoms. The van der Waals surface area contributed by atoms with Crippen LogP contribution < -0.4 is 5.73 Å². The zero-order valence-electron chi connectivity index (χ0n) is 11.4. The molecule has 0 spiro atoms. The van der Waals surface area contributed by atoms with E-state index in [9.17, 15) is 4.79 Å². The summed E-state index contributed by atoms with van der Waals surface area (Å²) in [5.74, 6) is -0.159. The summed E-state index contributed by atoms with van der Waals surface area (Å²) in [6.07, 6.45) is 0. The molecular formula is C12H25N3O2. The Hall–Kier alpha value is -0.650. The lowest BCUT2D eigenvalue weighted by Crippen LogP contribution is -2.61. The minimum Gasteiger partial charge on any atom is -0.394 e. The van der Waals surface area contributed by atoms with Crippen LogP contribution in [0.15, 0.2) is 0 Å². The lowest BCUT2D eigenvalue weighted by Gasteiger charge is -2.43. The van der Waals surface area contributed by atoms with E-state index in [2.05, 4.69) is 25.7 Å². The Labute approximate surface area is 104 Å². The molecule has 0 aromatic carbocycles. The van der Waals surface area contributed by atoms with Crippen LogP contribution in [0.4, 0.5) is 0 Å². The molecule has 5 nitrogen and oxygen atoms in total. The van der Waals surface area contributed by atoms with Crippen molar-refractivity contribution in [3.63, 3.8) is 0 Å². The van der Waals surface area contributed by atoms with Crippen LogP contribution in [0.5, 0.6) is 0 Å². The molecule has 1 rings (SSSR count). The van der Waals surface area contributed by atoms with Crippen LogP contribution >= 0.6 is 0 Å². The second-order valence-corrected chi connectivity index (χ2v) is 6.03. The minimum absolute atomic E-state index is 0.137. The number of nitrogens with zero attached hydrogens (tertiary/aromatic N) is 2. The van der Waals surface area contributed by atoms with Gasteiger partial charge in [0, 0.05) is 31.7 Å². The predicted octanol–water partition coefficient (Wildman–Crippen LogP) is -0.361. The fourth-order valence-corrected chi connectivity index (χ4v) is 2.01. The first-order valence-electron chi connectivity index (χ1n) is 6.12. The molecule has 1 amide bonds. The molecule has 0 aliphatic carbocycles. The molecule has 1 aliphatic rings. The topological polar surface area (TPSA) is 69.8 Å². The van der Waals surface area contributed by atoms with Crippen molar-refractivity contribution in [2.45, 2.75) is 38.8 Å². The molecule has 3 N–H and O–H groups in total. The number of aliphatic hydroxyl groups is 1. The molecule has 0 radical (unpaired) electrons. The van der Waals surface area contributed by atoms with Crippen molar-refractivity contribution in [3.8, 4) is 0 Å². The third-order valence-corrected chi connectivity index (χ3v) is 3.33. The normalized spacial score (nSPS) is 22.4. The Kier molecular flexibility index (Phi) is 4.17. The minimum atomic E-state index is -1.15. The molecule has 0 bridgehead atoms. The zero-order chi connectivity index (χ0) is 13.3. The smallest absolute Gasteiger partial charge is 0.244 e. The summed E-state index contributed by atoms with van der Waals surface area (Å²) >= 11 is 0. The molecular weight excluding hydrogens is 218 g/mol. The van der Waals surface area contributed by atoms with Crippen molar-refractivity contribution < 1.29 is 9.90 Å². The number of nitrogens with two attached hydrogens (primary N) is 1. The number of piperazine rings is 1. The van der Waals surface area contributed by atoms with E-state index in [1.807, 2.05) is 0 Å². The molecule has 0 aromatic rings. The molecule has 0 unspecified atom stereocenters. The molecule has 1 fully saturated rings. The maximum absolute atomic E-state index is 12.0. The summed E-state index contributed by atoms with van der Waals surface area (Å²) in [7, 11) is 0. The summed E-state index contributed by atoms with van der Waals surface area (Å²) in [6, 6.07) is 0. The van der Waals surface area contributed by atoms with Gasteiger partial charge in [0.25, 0.3) is 0 Å². The van der Waals surface area contributed by atoms with E-state index in [0.717, 1.165) is 13.1 Å². The molecule has 1 saturated heterocycles. The Morgan fingerprint density at radius 2 is 1.65 bits per heavy atom. The predicted molar refractivity (Wildman–Crippen MR) is 67.6 cm³/mol. The van der Waals surface area contributed by atoms with Crippen molar-refractivity contribution >= 4 is 5.91 Å². The highest BCUT2D eigenvalue weighted by Crippen LogP contribution is 2.17. The largest absolute Gasteiger partial charge is 0.394 e. The van der Waals surface area contributed by atoms with Crippen molar-refractivity contribution in [1.29, 1.82) is 0 Å². The van der Waals surface area contributed by atoms with E-state index >= 15 is 0 Å². The van der Waals surface area contributed by atoms with Crippen LogP contribution in [0.25, 0.3) is 0 Å². The molecule has 100 valence electrons. The van der Waals surface area contributed by atoms with Crippen molar-refractivity contribution in [1.82, 2.24) is 9.80 Å². The van der Waals surface area contributed by atoms with Crippen molar-refractivity contribution in [2.75, 3.05) is 32.8 Å². The van der Waals surface area contributed by atoms with Crippen LogP contribution in [0.3, 0.4) is 0 Å². The van der Waals surface area contributed by atoms with Gasteiger partial charge in [-0.2, -0.15) is 0 Å². The highest BCUT2D eigenvalue weighted by molar-refractivity contribution is 5.86. The van der Waals surface area contributed by atoms with Gasteiger partial charge in [0.15, 0.2) is 0 Å². The monoisotopic (exact) mass is 243 g/mol. The SMILES string of the molecule is CC(C)(C)N1CCN(C(=O)[C@@](C)(N)CO)CC1. The standard InChI is InChI=1S/C12H25N3O2/c1-11(2,3)15-7-5-14(6-8-15)10(17)12(4,13)9-16/h16H,5-9,13H2,1-4H3/t12-/m0/s1. The molecule has 1 atom stereocenters. The average molecular weight is 243 g/mol. The van der Waals surface area contributed by atoms with Gasteiger partial charge in [-0.15, -0.1) is 0 Å². The van der Waals surface area contributed by atoms with Gasteiger partial charge in [0.1, 0.15) is 5.54 Å². The van der Waals surface area contributed by atoms with E-state index in [0.29, 0.717) is 13.1 Å². The lowest BCUT2D eigenvalue weighted by molar-refractivity contribution is -0.140. The van der Waals surface area contributed by atoms with E-state index in [1.54, 1.807) is 11.8 Å².